The molecule has 4 nitrogen and oxygen atoms in total. The van der Waals surface area contributed by atoms with E-state index in [9.17, 15) is 0 Å². The lowest BCUT2D eigenvalue weighted by Crippen LogP contribution is -2.24. The maximum Gasteiger partial charge on any atom is 0.139 e. The average molecular weight is 267 g/mol. The summed E-state index contributed by atoms with van der Waals surface area (Å²) in [5.41, 5.74) is 0. The fourth-order valence-electron chi connectivity index (χ4n) is 1.55. The van der Waals surface area contributed by atoms with E-state index in [-0.39, 0.29) is 6.04 Å². The summed E-state index contributed by atoms with van der Waals surface area (Å²) in [6, 6.07) is 5.73. The van der Waals surface area contributed by atoms with Gasteiger partial charge in [0.2, 0.25) is 0 Å². The van der Waals surface area contributed by atoms with Crippen molar-refractivity contribution in [1.82, 2.24) is 10.3 Å². The molecule has 0 spiro atoms. The third-order valence-electron chi connectivity index (χ3n) is 2.47. The molecule has 2 heterocycles. The first-order valence-corrected chi connectivity index (χ1v) is 6.13. The molecular formula is C13H15ClN2O2. The van der Waals surface area contributed by atoms with Crippen molar-refractivity contribution in [1.29, 1.82) is 0 Å². The van der Waals surface area contributed by atoms with Crippen LogP contribution in [0.15, 0.2) is 41.3 Å². The molecule has 18 heavy (non-hydrogen) atoms. The number of halogens is 1. The Morgan fingerprint density at radius 2 is 2.39 bits per heavy atom. The topological polar surface area (TPSA) is 47.3 Å². The lowest BCUT2D eigenvalue weighted by Gasteiger charge is -2.11. The summed E-state index contributed by atoms with van der Waals surface area (Å²) < 4.78 is 10.8. The van der Waals surface area contributed by atoms with E-state index < -0.39 is 0 Å². The Morgan fingerprint density at radius 1 is 1.50 bits per heavy atom. The molecule has 0 aliphatic heterocycles. The summed E-state index contributed by atoms with van der Waals surface area (Å²) in [6.07, 6.45) is 4.88. The molecule has 0 aromatic carbocycles. The maximum atomic E-state index is 5.81. The van der Waals surface area contributed by atoms with E-state index in [1.165, 1.54) is 0 Å². The molecule has 0 saturated carbocycles. The van der Waals surface area contributed by atoms with E-state index in [2.05, 4.69) is 10.3 Å². The van der Waals surface area contributed by atoms with Gasteiger partial charge in [-0.25, -0.2) is 0 Å². The van der Waals surface area contributed by atoms with Crippen LogP contribution in [0.1, 0.15) is 18.7 Å². The van der Waals surface area contributed by atoms with Gasteiger partial charge in [0.25, 0.3) is 0 Å². The molecular weight excluding hydrogens is 252 g/mol. The van der Waals surface area contributed by atoms with Gasteiger partial charge in [0.1, 0.15) is 18.1 Å². The molecule has 0 amide bonds. The number of aromatic nitrogens is 1. The van der Waals surface area contributed by atoms with Crippen LogP contribution in [0, 0.1) is 0 Å². The number of furan rings is 1. The summed E-state index contributed by atoms with van der Waals surface area (Å²) in [5.74, 6) is 1.59. The first-order chi connectivity index (χ1) is 8.75. The van der Waals surface area contributed by atoms with Gasteiger partial charge >= 0.3 is 0 Å². The number of nitrogens with zero attached hydrogens (tertiary/aromatic N) is 1. The summed E-state index contributed by atoms with van der Waals surface area (Å²) >= 11 is 5.81. The Balaban J connectivity index is 1.70. The monoisotopic (exact) mass is 266 g/mol. The zero-order chi connectivity index (χ0) is 12.8. The Labute approximate surface area is 111 Å². The van der Waals surface area contributed by atoms with Crippen LogP contribution < -0.4 is 10.1 Å². The van der Waals surface area contributed by atoms with Crippen molar-refractivity contribution in [2.45, 2.75) is 13.0 Å². The highest BCUT2D eigenvalue weighted by Gasteiger charge is 2.06. The molecule has 2 aromatic rings. The molecule has 0 aliphatic rings. The number of ether oxygens (including phenoxy) is 1. The van der Waals surface area contributed by atoms with E-state index in [0.29, 0.717) is 23.9 Å². The number of hydrogen-bond acceptors (Lipinski definition) is 4. The Bertz CT molecular complexity index is 474. The van der Waals surface area contributed by atoms with Gasteiger partial charge in [-0.15, -0.1) is 0 Å². The minimum absolute atomic E-state index is 0.168. The first-order valence-electron chi connectivity index (χ1n) is 5.76. The van der Waals surface area contributed by atoms with Crippen LogP contribution in [-0.2, 0) is 0 Å². The van der Waals surface area contributed by atoms with Crippen molar-refractivity contribution in [2.75, 3.05) is 13.2 Å². The molecule has 0 aliphatic carbocycles. The van der Waals surface area contributed by atoms with E-state index in [4.69, 9.17) is 20.8 Å². The van der Waals surface area contributed by atoms with Crippen LogP contribution in [0.25, 0.3) is 0 Å². The van der Waals surface area contributed by atoms with Crippen molar-refractivity contribution in [2.24, 2.45) is 0 Å². The minimum Gasteiger partial charge on any atom is -0.491 e. The van der Waals surface area contributed by atoms with Crippen LogP contribution in [0.3, 0.4) is 0 Å². The minimum atomic E-state index is 0.168. The second kappa shape index (κ2) is 6.42. The van der Waals surface area contributed by atoms with Crippen molar-refractivity contribution in [3.8, 4) is 5.75 Å². The van der Waals surface area contributed by atoms with Gasteiger partial charge in [-0.05, 0) is 19.1 Å². The van der Waals surface area contributed by atoms with Crippen LogP contribution >= 0.6 is 11.6 Å². The lowest BCUT2D eigenvalue weighted by molar-refractivity contribution is 0.301. The van der Waals surface area contributed by atoms with E-state index in [0.717, 1.165) is 5.76 Å². The fourth-order valence-corrected chi connectivity index (χ4v) is 1.72. The third kappa shape index (κ3) is 3.75. The number of pyridine rings is 1. The number of hydrogen-bond donors (Lipinski definition) is 1. The lowest BCUT2D eigenvalue weighted by atomic mass is 10.2. The van der Waals surface area contributed by atoms with Gasteiger partial charge in [0, 0.05) is 18.8 Å². The number of nitrogens with one attached hydrogen (secondary N) is 1. The molecule has 0 fully saturated rings. The van der Waals surface area contributed by atoms with Crippen molar-refractivity contribution < 1.29 is 9.15 Å². The molecule has 2 rings (SSSR count). The van der Waals surface area contributed by atoms with Crippen LogP contribution in [0.4, 0.5) is 0 Å². The highest BCUT2D eigenvalue weighted by atomic mass is 35.5. The predicted octanol–water partition coefficient (Wildman–Crippen LogP) is 3.06. The predicted molar refractivity (Wildman–Crippen MR) is 69.9 cm³/mol. The summed E-state index contributed by atoms with van der Waals surface area (Å²) in [7, 11) is 0. The second-order valence-corrected chi connectivity index (χ2v) is 4.31. The number of rotatable bonds is 6. The Morgan fingerprint density at radius 3 is 3.11 bits per heavy atom. The fraction of sp³-hybridized carbons (Fsp3) is 0.308. The quantitative estimate of drug-likeness (QED) is 0.817. The van der Waals surface area contributed by atoms with Gasteiger partial charge < -0.3 is 14.5 Å². The van der Waals surface area contributed by atoms with E-state index in [1.54, 1.807) is 24.7 Å². The summed E-state index contributed by atoms with van der Waals surface area (Å²) in [6.45, 7) is 3.31. The Kier molecular flexibility index (Phi) is 4.61. The molecule has 1 atom stereocenters. The molecule has 0 radical (unpaired) electrons. The summed E-state index contributed by atoms with van der Waals surface area (Å²) in [4.78, 5) is 3.95. The van der Waals surface area contributed by atoms with Gasteiger partial charge in [-0.3, -0.25) is 4.98 Å². The molecule has 2 aromatic heterocycles. The van der Waals surface area contributed by atoms with E-state index in [1.807, 2.05) is 19.1 Å². The smallest absolute Gasteiger partial charge is 0.139 e. The van der Waals surface area contributed by atoms with Crippen molar-refractivity contribution in [3.05, 3.63) is 47.6 Å². The summed E-state index contributed by atoms with van der Waals surface area (Å²) in [5, 5.41) is 3.87. The molecule has 0 saturated heterocycles. The van der Waals surface area contributed by atoms with Crippen molar-refractivity contribution >= 4 is 11.6 Å². The van der Waals surface area contributed by atoms with Crippen LogP contribution in [0.5, 0.6) is 5.75 Å². The van der Waals surface area contributed by atoms with Gasteiger partial charge in [-0.2, -0.15) is 0 Å². The van der Waals surface area contributed by atoms with Gasteiger partial charge in [-0.1, -0.05) is 11.6 Å². The highest BCUT2D eigenvalue weighted by Crippen LogP contribution is 2.15. The molecule has 1 unspecified atom stereocenters. The van der Waals surface area contributed by atoms with Gasteiger partial charge in [0.05, 0.1) is 23.5 Å². The molecule has 96 valence electrons. The third-order valence-corrected chi connectivity index (χ3v) is 2.68. The zero-order valence-electron chi connectivity index (χ0n) is 10.1. The SMILES string of the molecule is CC(NCCOc1cncc(Cl)c1)c1ccco1. The maximum absolute atomic E-state index is 5.81. The second-order valence-electron chi connectivity index (χ2n) is 3.88. The first kappa shape index (κ1) is 12.9. The highest BCUT2D eigenvalue weighted by molar-refractivity contribution is 6.30. The largest absolute Gasteiger partial charge is 0.491 e. The van der Waals surface area contributed by atoms with Crippen molar-refractivity contribution in [3.63, 3.8) is 0 Å². The van der Waals surface area contributed by atoms with Gasteiger partial charge in [0.15, 0.2) is 0 Å². The average Bonchev–Trinajstić information content (AvgIpc) is 2.88. The van der Waals surface area contributed by atoms with E-state index >= 15 is 0 Å². The normalized spacial score (nSPS) is 12.3. The zero-order valence-corrected chi connectivity index (χ0v) is 10.9. The Hall–Kier alpha value is -1.52. The van der Waals surface area contributed by atoms with Crippen LogP contribution in [-0.4, -0.2) is 18.1 Å². The molecule has 0 bridgehead atoms. The molecule has 5 heteroatoms. The van der Waals surface area contributed by atoms with Crippen LogP contribution in [0.2, 0.25) is 5.02 Å². The standard InChI is InChI=1S/C13H15ClN2O2/c1-10(13-3-2-5-18-13)16-4-6-17-12-7-11(14)8-15-9-12/h2-3,5,7-10,16H,4,6H2,1H3. The molecule has 1 N–H and O–H groups in total.